The Morgan fingerprint density at radius 1 is 1.11 bits per heavy atom. The number of hydrogen-bond acceptors (Lipinski definition) is 5. The van der Waals surface area contributed by atoms with E-state index in [1.54, 1.807) is 12.1 Å². The number of carbonyl (C=O) groups excluding carboxylic acids is 2. The number of rotatable bonds is 5. The third-order valence-corrected chi connectivity index (χ3v) is 6.38. The molecule has 0 aromatic heterocycles. The lowest BCUT2D eigenvalue weighted by atomic mass is 9.95. The van der Waals surface area contributed by atoms with Crippen molar-refractivity contribution in [3.8, 4) is 0 Å². The molecule has 0 atom stereocenters. The number of hydrogen-bond donors (Lipinski definition) is 1. The van der Waals surface area contributed by atoms with Gasteiger partial charge in [-0.3, -0.25) is 4.79 Å². The third kappa shape index (κ3) is 3.67. The van der Waals surface area contributed by atoms with Gasteiger partial charge in [0.25, 0.3) is 10.0 Å². The van der Waals surface area contributed by atoms with E-state index < -0.39 is 27.3 Å². The Bertz CT molecular complexity index is 1030. The fourth-order valence-corrected chi connectivity index (χ4v) is 4.71. The molecule has 9 heteroatoms. The van der Waals surface area contributed by atoms with Crippen LogP contribution >= 0.6 is 23.2 Å². The van der Waals surface area contributed by atoms with Crippen molar-refractivity contribution in [1.29, 1.82) is 0 Å². The molecule has 1 aliphatic carbocycles. The van der Waals surface area contributed by atoms with Crippen LogP contribution in [0.25, 0.3) is 0 Å². The van der Waals surface area contributed by atoms with Crippen molar-refractivity contribution >= 4 is 45.1 Å². The second-order valence-corrected chi connectivity index (χ2v) is 8.62. The molecule has 3 rings (SSSR count). The molecule has 0 aliphatic heterocycles. The maximum absolute atomic E-state index is 12.8. The standard InChI is InChI=1S/C18H15Cl2NO5S/c1-26-16(22)12-4-2-3-5-15(12)27(24,25)21-17(23)18(8-9-18)13-7-6-11(19)10-14(13)20/h2-7,10H,8-9H2,1H3,(H,21,23). The Hall–Kier alpha value is -2.09. The lowest BCUT2D eigenvalue weighted by Gasteiger charge is -2.18. The maximum atomic E-state index is 12.8. The van der Waals surface area contributed by atoms with Gasteiger partial charge in [-0.25, -0.2) is 17.9 Å². The summed E-state index contributed by atoms with van der Waals surface area (Å²) in [6, 6.07) is 10.2. The minimum atomic E-state index is -4.29. The van der Waals surface area contributed by atoms with Crippen molar-refractivity contribution in [1.82, 2.24) is 4.72 Å². The molecule has 1 N–H and O–H groups in total. The number of methoxy groups -OCH3 is 1. The van der Waals surface area contributed by atoms with Gasteiger partial charge < -0.3 is 4.74 Å². The van der Waals surface area contributed by atoms with Gasteiger partial charge in [-0.1, -0.05) is 41.4 Å². The number of nitrogens with one attached hydrogen (secondary N) is 1. The summed E-state index contributed by atoms with van der Waals surface area (Å²) in [6.07, 6.45) is 0.905. The van der Waals surface area contributed by atoms with Gasteiger partial charge in [-0.05, 0) is 42.7 Å². The molecule has 0 spiro atoms. The van der Waals surface area contributed by atoms with Crippen LogP contribution in [0, 0.1) is 0 Å². The molecule has 0 unspecified atom stereocenters. The number of amides is 1. The molecular weight excluding hydrogens is 413 g/mol. The summed E-state index contributed by atoms with van der Waals surface area (Å²) in [5.74, 6) is -1.52. The summed E-state index contributed by atoms with van der Waals surface area (Å²) in [5, 5.41) is 0.710. The first-order chi connectivity index (χ1) is 12.7. The quantitative estimate of drug-likeness (QED) is 0.739. The second-order valence-electron chi connectivity index (χ2n) is 6.13. The van der Waals surface area contributed by atoms with Crippen LogP contribution in [0.15, 0.2) is 47.4 Å². The van der Waals surface area contributed by atoms with Gasteiger partial charge in [-0.2, -0.15) is 0 Å². The molecule has 1 saturated carbocycles. The van der Waals surface area contributed by atoms with Crippen LogP contribution in [0.2, 0.25) is 10.0 Å². The van der Waals surface area contributed by atoms with E-state index in [1.165, 1.54) is 30.3 Å². The summed E-state index contributed by atoms with van der Waals surface area (Å²) in [4.78, 5) is 24.3. The van der Waals surface area contributed by atoms with E-state index in [0.717, 1.165) is 7.11 Å². The van der Waals surface area contributed by atoms with Crippen molar-refractivity contribution in [3.63, 3.8) is 0 Å². The fourth-order valence-electron chi connectivity index (χ4n) is 2.88. The average molecular weight is 428 g/mol. The molecular formula is C18H15Cl2NO5S. The number of ether oxygens (including phenoxy) is 1. The molecule has 0 radical (unpaired) electrons. The topological polar surface area (TPSA) is 89.5 Å². The van der Waals surface area contributed by atoms with Crippen LogP contribution < -0.4 is 4.72 Å². The lowest BCUT2D eigenvalue weighted by molar-refractivity contribution is -0.121. The summed E-state index contributed by atoms with van der Waals surface area (Å²) >= 11 is 12.1. The lowest BCUT2D eigenvalue weighted by Crippen LogP contribution is -2.39. The van der Waals surface area contributed by atoms with Gasteiger partial charge in [0, 0.05) is 10.0 Å². The Balaban J connectivity index is 1.93. The Kier molecular flexibility index (Phi) is 5.20. The second kappa shape index (κ2) is 7.14. The highest BCUT2D eigenvalue weighted by atomic mass is 35.5. The normalized spacial score (nSPS) is 15.1. The van der Waals surface area contributed by atoms with Gasteiger partial charge in [-0.15, -0.1) is 0 Å². The largest absolute Gasteiger partial charge is 0.465 e. The zero-order valence-corrected chi connectivity index (χ0v) is 16.5. The van der Waals surface area contributed by atoms with Crippen LogP contribution in [0.4, 0.5) is 0 Å². The molecule has 142 valence electrons. The molecule has 1 amide bonds. The highest BCUT2D eigenvalue weighted by Crippen LogP contribution is 2.51. The number of esters is 1. The number of benzene rings is 2. The number of sulfonamides is 1. The van der Waals surface area contributed by atoms with E-state index >= 15 is 0 Å². The molecule has 0 heterocycles. The Morgan fingerprint density at radius 2 is 1.78 bits per heavy atom. The van der Waals surface area contributed by atoms with Gasteiger partial charge in [0.15, 0.2) is 0 Å². The van der Waals surface area contributed by atoms with Crippen LogP contribution in [-0.4, -0.2) is 27.4 Å². The molecule has 6 nitrogen and oxygen atoms in total. The average Bonchev–Trinajstić information content (AvgIpc) is 3.42. The first kappa shape index (κ1) is 19.7. The van der Waals surface area contributed by atoms with Crippen LogP contribution in [-0.2, 0) is 25.0 Å². The van der Waals surface area contributed by atoms with Crippen molar-refractivity contribution in [2.75, 3.05) is 7.11 Å². The van der Waals surface area contributed by atoms with Crippen molar-refractivity contribution < 1.29 is 22.7 Å². The molecule has 27 heavy (non-hydrogen) atoms. The van der Waals surface area contributed by atoms with Crippen molar-refractivity contribution in [2.24, 2.45) is 0 Å². The predicted octanol–water partition coefficient (Wildman–Crippen LogP) is 3.32. The SMILES string of the molecule is COC(=O)c1ccccc1S(=O)(=O)NC(=O)C1(c2ccc(Cl)cc2Cl)CC1. The van der Waals surface area contributed by atoms with E-state index in [2.05, 4.69) is 9.46 Å². The number of halogens is 2. The van der Waals surface area contributed by atoms with E-state index in [4.69, 9.17) is 23.2 Å². The smallest absolute Gasteiger partial charge is 0.339 e. The third-order valence-electron chi connectivity index (χ3n) is 4.44. The van der Waals surface area contributed by atoms with E-state index in [9.17, 15) is 18.0 Å². The summed E-state index contributed by atoms with van der Waals surface area (Å²) in [7, 11) is -3.14. The Labute approximate surface area is 166 Å². The van der Waals surface area contributed by atoms with Crippen molar-refractivity contribution in [3.05, 3.63) is 63.6 Å². The molecule has 2 aromatic rings. The zero-order chi connectivity index (χ0) is 19.8. The van der Waals surface area contributed by atoms with E-state index in [-0.39, 0.29) is 10.5 Å². The summed E-state index contributed by atoms with van der Waals surface area (Å²) in [5.41, 5.74) is -0.674. The van der Waals surface area contributed by atoms with Crippen LogP contribution in [0.1, 0.15) is 28.8 Å². The molecule has 1 fully saturated rings. The zero-order valence-electron chi connectivity index (χ0n) is 14.2. The van der Waals surface area contributed by atoms with Gasteiger partial charge in [0.2, 0.25) is 5.91 Å². The highest BCUT2D eigenvalue weighted by molar-refractivity contribution is 7.90. The monoisotopic (exact) mass is 427 g/mol. The first-order valence-electron chi connectivity index (χ1n) is 7.91. The van der Waals surface area contributed by atoms with Crippen LogP contribution in [0.5, 0.6) is 0 Å². The van der Waals surface area contributed by atoms with Gasteiger partial charge >= 0.3 is 5.97 Å². The van der Waals surface area contributed by atoms with Gasteiger partial charge in [0.05, 0.1) is 18.1 Å². The van der Waals surface area contributed by atoms with E-state index in [1.807, 2.05) is 0 Å². The highest BCUT2D eigenvalue weighted by Gasteiger charge is 2.53. The molecule has 0 saturated heterocycles. The molecule has 2 aromatic carbocycles. The summed E-state index contributed by atoms with van der Waals surface area (Å²) < 4.78 is 32.1. The number of carbonyl (C=O) groups is 2. The predicted molar refractivity (Wildman–Crippen MR) is 100 cm³/mol. The van der Waals surface area contributed by atoms with E-state index in [0.29, 0.717) is 28.5 Å². The van der Waals surface area contributed by atoms with Crippen LogP contribution in [0.3, 0.4) is 0 Å². The molecule has 1 aliphatic rings. The molecule has 0 bridgehead atoms. The maximum Gasteiger partial charge on any atom is 0.339 e. The first-order valence-corrected chi connectivity index (χ1v) is 10.2. The fraction of sp³-hybridized carbons (Fsp3) is 0.222. The summed E-state index contributed by atoms with van der Waals surface area (Å²) in [6.45, 7) is 0. The Morgan fingerprint density at radius 3 is 2.37 bits per heavy atom. The minimum absolute atomic E-state index is 0.158. The van der Waals surface area contributed by atoms with Gasteiger partial charge in [0.1, 0.15) is 4.90 Å². The minimum Gasteiger partial charge on any atom is -0.465 e. The van der Waals surface area contributed by atoms with Crippen molar-refractivity contribution in [2.45, 2.75) is 23.2 Å².